The Morgan fingerprint density at radius 3 is 2.57 bits per heavy atom. The second-order valence-electron chi connectivity index (χ2n) is 11.0. The molecule has 0 unspecified atom stereocenters. The standard InChI is InChI=1S/C26H43N9O2/c1-26(2,3)37-25(36)34(16-9-13-28-4)35(18-20-11-7-8-12-20)24-22-23(30-21(17-27)31-24)33(19-29-22)15-10-14-32(5)6/h19-20,28H,7-16,18H2,1-6H3. The Bertz CT molecular complexity index is 1060. The van der Waals surface area contributed by atoms with Crippen LogP contribution in [0.4, 0.5) is 10.6 Å². The van der Waals surface area contributed by atoms with Gasteiger partial charge >= 0.3 is 6.09 Å². The lowest BCUT2D eigenvalue weighted by atomic mass is 10.1. The van der Waals surface area contributed by atoms with Gasteiger partial charge < -0.3 is 19.5 Å². The van der Waals surface area contributed by atoms with Crippen LogP contribution in [0, 0.1) is 17.2 Å². The number of carbonyl (C=O) groups is 1. The van der Waals surface area contributed by atoms with Gasteiger partial charge in [0, 0.05) is 19.6 Å². The lowest BCUT2D eigenvalue weighted by Gasteiger charge is -2.38. The van der Waals surface area contributed by atoms with E-state index in [9.17, 15) is 10.1 Å². The Balaban J connectivity index is 2.08. The number of hydrogen-bond donors (Lipinski definition) is 1. The van der Waals surface area contributed by atoms with Crippen LogP contribution in [-0.4, -0.2) is 88.4 Å². The summed E-state index contributed by atoms with van der Waals surface area (Å²) in [6, 6.07) is 2.12. The van der Waals surface area contributed by atoms with Crippen LogP contribution in [0.1, 0.15) is 65.1 Å². The van der Waals surface area contributed by atoms with Gasteiger partial charge in [-0.15, -0.1) is 0 Å². The summed E-state index contributed by atoms with van der Waals surface area (Å²) in [6.07, 6.45) is 7.50. The molecule has 1 amide bonds. The summed E-state index contributed by atoms with van der Waals surface area (Å²) >= 11 is 0. The van der Waals surface area contributed by atoms with Crippen molar-refractivity contribution >= 4 is 23.1 Å². The first kappa shape index (κ1) is 28.6. The molecule has 0 radical (unpaired) electrons. The summed E-state index contributed by atoms with van der Waals surface area (Å²) in [6.45, 7) is 9.03. The van der Waals surface area contributed by atoms with E-state index in [0.29, 0.717) is 36.0 Å². The van der Waals surface area contributed by atoms with Crippen molar-refractivity contribution in [1.82, 2.24) is 34.7 Å². The second kappa shape index (κ2) is 13.0. The van der Waals surface area contributed by atoms with Gasteiger partial charge in [0.15, 0.2) is 17.0 Å². The Morgan fingerprint density at radius 2 is 1.95 bits per heavy atom. The smallest absolute Gasteiger partial charge is 0.429 e. The molecule has 0 saturated heterocycles. The summed E-state index contributed by atoms with van der Waals surface area (Å²) in [5.74, 6) is 0.953. The number of imidazole rings is 1. The molecule has 0 bridgehead atoms. The van der Waals surface area contributed by atoms with E-state index in [1.165, 1.54) is 12.8 Å². The molecule has 1 N–H and O–H groups in total. The van der Waals surface area contributed by atoms with E-state index >= 15 is 0 Å². The molecule has 204 valence electrons. The highest BCUT2D eigenvalue weighted by molar-refractivity contribution is 5.85. The minimum atomic E-state index is -0.649. The van der Waals surface area contributed by atoms with E-state index in [0.717, 1.165) is 45.3 Å². The van der Waals surface area contributed by atoms with Gasteiger partial charge in [-0.05, 0) is 86.6 Å². The molecule has 2 aromatic heterocycles. The summed E-state index contributed by atoms with van der Waals surface area (Å²) in [4.78, 5) is 29.5. The highest BCUT2D eigenvalue weighted by Gasteiger charge is 2.32. The van der Waals surface area contributed by atoms with Crippen LogP contribution in [0.25, 0.3) is 11.2 Å². The van der Waals surface area contributed by atoms with E-state index in [2.05, 4.69) is 31.2 Å². The monoisotopic (exact) mass is 513 g/mol. The van der Waals surface area contributed by atoms with Crippen LogP contribution >= 0.6 is 0 Å². The third-order valence-corrected chi connectivity index (χ3v) is 6.39. The number of nitrogens with one attached hydrogen (secondary N) is 1. The zero-order valence-corrected chi connectivity index (χ0v) is 23.3. The van der Waals surface area contributed by atoms with E-state index in [4.69, 9.17) is 4.74 Å². The molecular formula is C26H43N9O2. The summed E-state index contributed by atoms with van der Waals surface area (Å²) in [5, 5.41) is 16.5. The maximum absolute atomic E-state index is 13.5. The Morgan fingerprint density at radius 1 is 1.22 bits per heavy atom. The van der Waals surface area contributed by atoms with Crippen molar-refractivity contribution in [2.24, 2.45) is 5.92 Å². The third-order valence-electron chi connectivity index (χ3n) is 6.39. The molecule has 2 aromatic rings. The number of aromatic nitrogens is 4. The fourth-order valence-electron chi connectivity index (χ4n) is 4.65. The first-order valence-electron chi connectivity index (χ1n) is 13.3. The van der Waals surface area contributed by atoms with Gasteiger partial charge in [0.05, 0.1) is 6.33 Å². The fourth-order valence-corrected chi connectivity index (χ4v) is 4.65. The van der Waals surface area contributed by atoms with E-state index in [1.807, 2.05) is 51.5 Å². The predicted molar refractivity (Wildman–Crippen MR) is 144 cm³/mol. The maximum Gasteiger partial charge on any atom is 0.429 e. The number of fused-ring (bicyclic) bond motifs is 1. The SMILES string of the molecule is CNCCCN(C(=O)OC(C)(C)C)N(CC1CCCC1)c1nc(C#N)nc2c1ncn2CCCN(C)C. The van der Waals surface area contributed by atoms with Gasteiger partial charge in [-0.25, -0.2) is 14.8 Å². The molecule has 1 saturated carbocycles. The average Bonchev–Trinajstić information content (AvgIpc) is 3.49. The zero-order valence-electron chi connectivity index (χ0n) is 23.3. The van der Waals surface area contributed by atoms with Gasteiger partial charge in [0.1, 0.15) is 11.7 Å². The van der Waals surface area contributed by atoms with Gasteiger partial charge in [-0.3, -0.25) is 5.01 Å². The van der Waals surface area contributed by atoms with Crippen molar-refractivity contribution in [2.75, 3.05) is 52.3 Å². The van der Waals surface area contributed by atoms with Crippen LogP contribution in [0.3, 0.4) is 0 Å². The summed E-state index contributed by atoms with van der Waals surface area (Å²) < 4.78 is 7.80. The van der Waals surface area contributed by atoms with Crippen molar-refractivity contribution in [3.63, 3.8) is 0 Å². The van der Waals surface area contributed by atoms with Crippen molar-refractivity contribution < 1.29 is 9.53 Å². The van der Waals surface area contributed by atoms with E-state index in [1.54, 1.807) is 11.3 Å². The first-order valence-corrected chi connectivity index (χ1v) is 13.3. The molecule has 1 aliphatic carbocycles. The van der Waals surface area contributed by atoms with E-state index in [-0.39, 0.29) is 5.82 Å². The van der Waals surface area contributed by atoms with Crippen LogP contribution in [-0.2, 0) is 11.3 Å². The molecule has 37 heavy (non-hydrogen) atoms. The average molecular weight is 514 g/mol. The normalized spacial score (nSPS) is 14.3. The van der Waals surface area contributed by atoms with Crippen molar-refractivity contribution in [3.05, 3.63) is 12.2 Å². The third kappa shape index (κ3) is 8.01. The molecule has 1 aliphatic rings. The number of amides is 1. The fraction of sp³-hybridized carbons (Fsp3) is 0.731. The molecule has 11 heteroatoms. The molecule has 0 aliphatic heterocycles. The molecule has 0 spiro atoms. The van der Waals surface area contributed by atoms with Gasteiger partial charge in [-0.1, -0.05) is 12.8 Å². The minimum absolute atomic E-state index is 0.0626. The van der Waals surface area contributed by atoms with Crippen molar-refractivity contribution in [3.8, 4) is 6.07 Å². The van der Waals surface area contributed by atoms with Crippen LogP contribution in [0.5, 0.6) is 0 Å². The van der Waals surface area contributed by atoms with E-state index < -0.39 is 11.7 Å². The molecule has 1 fully saturated rings. The van der Waals surface area contributed by atoms with Crippen molar-refractivity contribution in [1.29, 1.82) is 5.26 Å². The number of ether oxygens (including phenoxy) is 1. The van der Waals surface area contributed by atoms with Crippen LogP contribution < -0.4 is 10.3 Å². The lowest BCUT2D eigenvalue weighted by Crippen LogP contribution is -2.51. The maximum atomic E-state index is 13.5. The quantitative estimate of drug-likeness (QED) is 0.337. The van der Waals surface area contributed by atoms with Gasteiger partial charge in [-0.2, -0.15) is 15.2 Å². The second-order valence-corrected chi connectivity index (χ2v) is 11.0. The zero-order chi connectivity index (χ0) is 27.0. The number of hydrazine groups is 1. The molecular weight excluding hydrogens is 470 g/mol. The Kier molecular flexibility index (Phi) is 10.1. The van der Waals surface area contributed by atoms with Gasteiger partial charge in [0.2, 0.25) is 5.82 Å². The largest absolute Gasteiger partial charge is 0.442 e. The summed E-state index contributed by atoms with van der Waals surface area (Å²) in [5.41, 5.74) is 0.546. The molecule has 3 rings (SSSR count). The molecule has 0 aromatic carbocycles. The molecule has 2 heterocycles. The number of rotatable bonds is 12. The topological polar surface area (TPSA) is 115 Å². The number of hydrogen-bond acceptors (Lipinski definition) is 9. The minimum Gasteiger partial charge on any atom is -0.442 e. The first-order chi connectivity index (χ1) is 17.6. The van der Waals surface area contributed by atoms with Gasteiger partial charge in [0.25, 0.3) is 0 Å². The predicted octanol–water partition coefficient (Wildman–Crippen LogP) is 3.41. The lowest BCUT2D eigenvalue weighted by molar-refractivity contribution is 0.0214. The highest BCUT2D eigenvalue weighted by atomic mass is 16.6. The highest BCUT2D eigenvalue weighted by Crippen LogP contribution is 2.31. The van der Waals surface area contributed by atoms with Crippen LogP contribution in [0.15, 0.2) is 6.33 Å². The number of aryl methyl sites for hydroxylation is 1. The number of nitriles is 1. The number of anilines is 1. The summed E-state index contributed by atoms with van der Waals surface area (Å²) in [7, 11) is 5.98. The molecule has 0 atom stereocenters. The Hall–Kier alpha value is -2.97. The van der Waals surface area contributed by atoms with Crippen molar-refractivity contribution in [2.45, 2.75) is 71.4 Å². The van der Waals surface area contributed by atoms with Crippen LogP contribution in [0.2, 0.25) is 0 Å². The molecule has 11 nitrogen and oxygen atoms in total. The number of nitrogens with zero attached hydrogens (tertiary/aromatic N) is 8. The Labute approximate surface area is 220 Å². The number of carbonyl (C=O) groups excluding carboxylic acids is 1.